The zero-order chi connectivity index (χ0) is 9.97. The van der Waals surface area contributed by atoms with Crippen LogP contribution in [0.4, 0.5) is 0 Å². The molecule has 1 aromatic rings. The summed E-state index contributed by atoms with van der Waals surface area (Å²) in [6.07, 6.45) is 0. The molecule has 0 amide bonds. The highest BCUT2D eigenvalue weighted by Gasteiger charge is 2.22. The molecule has 0 radical (unpaired) electrons. The third kappa shape index (κ3) is 2.75. The average molecular weight is 292 g/mol. The van der Waals surface area contributed by atoms with Crippen molar-refractivity contribution in [2.45, 2.75) is 19.5 Å². The molecular weight excluding hydrogens is 278 g/mol. The van der Waals surface area contributed by atoms with Crippen molar-refractivity contribution in [2.75, 3.05) is 11.5 Å². The Morgan fingerprint density at radius 2 is 2.43 bits per heavy atom. The van der Waals surface area contributed by atoms with Gasteiger partial charge in [-0.1, -0.05) is 6.92 Å². The van der Waals surface area contributed by atoms with Crippen molar-refractivity contribution in [3.63, 3.8) is 0 Å². The van der Waals surface area contributed by atoms with Crippen molar-refractivity contribution < 1.29 is 0 Å². The van der Waals surface area contributed by atoms with Gasteiger partial charge >= 0.3 is 0 Å². The fourth-order valence-electron chi connectivity index (χ4n) is 1.60. The average Bonchev–Trinajstić information content (AvgIpc) is 2.72. The maximum Gasteiger partial charge on any atom is 0.0303 e. The summed E-state index contributed by atoms with van der Waals surface area (Å²) in [5.74, 6) is 3.41. The van der Waals surface area contributed by atoms with Crippen LogP contribution in [0.3, 0.4) is 0 Å². The van der Waals surface area contributed by atoms with Gasteiger partial charge in [0.05, 0.1) is 0 Å². The van der Waals surface area contributed by atoms with E-state index in [1.807, 2.05) is 11.3 Å². The van der Waals surface area contributed by atoms with Crippen LogP contribution in [0.1, 0.15) is 11.8 Å². The van der Waals surface area contributed by atoms with Crippen LogP contribution >= 0.6 is 39.0 Å². The molecule has 0 saturated carbocycles. The molecule has 0 bridgehead atoms. The largest absolute Gasteiger partial charge is 0.308 e. The number of thioether (sulfide) groups is 1. The van der Waals surface area contributed by atoms with Crippen LogP contribution in [0.25, 0.3) is 0 Å². The van der Waals surface area contributed by atoms with Crippen LogP contribution < -0.4 is 5.32 Å². The highest BCUT2D eigenvalue weighted by atomic mass is 79.9. The maximum atomic E-state index is 3.63. The van der Waals surface area contributed by atoms with Crippen LogP contribution in [-0.4, -0.2) is 17.5 Å². The first-order valence-electron chi connectivity index (χ1n) is 4.80. The van der Waals surface area contributed by atoms with Crippen LogP contribution in [0.15, 0.2) is 15.9 Å². The van der Waals surface area contributed by atoms with Gasteiger partial charge in [0.1, 0.15) is 0 Å². The van der Waals surface area contributed by atoms with Gasteiger partial charge in [0.15, 0.2) is 0 Å². The lowest BCUT2D eigenvalue weighted by Crippen LogP contribution is -2.33. The molecule has 0 aliphatic carbocycles. The summed E-state index contributed by atoms with van der Waals surface area (Å²) in [6.45, 7) is 3.35. The molecule has 2 rings (SSSR count). The molecule has 1 fully saturated rings. The van der Waals surface area contributed by atoms with Crippen molar-refractivity contribution in [3.05, 3.63) is 20.8 Å². The van der Waals surface area contributed by atoms with Gasteiger partial charge in [0.25, 0.3) is 0 Å². The zero-order valence-electron chi connectivity index (χ0n) is 8.13. The van der Waals surface area contributed by atoms with Gasteiger partial charge in [-0.15, -0.1) is 11.3 Å². The van der Waals surface area contributed by atoms with E-state index < -0.39 is 0 Å². The first-order chi connectivity index (χ1) is 6.75. The first kappa shape index (κ1) is 11.0. The number of rotatable bonds is 3. The molecule has 78 valence electrons. The monoisotopic (exact) mass is 291 g/mol. The Morgan fingerprint density at radius 1 is 1.57 bits per heavy atom. The first-order valence-corrected chi connectivity index (χ1v) is 7.62. The standard InChI is InChI=1S/C10H14BrNS2/c1-7-4-13-6-10(7)12-3-9-2-8(11)5-14-9/h2,5,7,10,12H,3-4,6H2,1H3. The van der Waals surface area contributed by atoms with Crippen molar-refractivity contribution in [1.82, 2.24) is 5.32 Å². The Labute approximate surface area is 102 Å². The molecule has 1 aliphatic rings. The summed E-state index contributed by atoms with van der Waals surface area (Å²) in [7, 11) is 0. The van der Waals surface area contributed by atoms with E-state index in [1.54, 1.807) is 0 Å². The van der Waals surface area contributed by atoms with E-state index in [4.69, 9.17) is 0 Å². The Morgan fingerprint density at radius 3 is 3.00 bits per heavy atom. The molecule has 1 nitrogen and oxygen atoms in total. The van der Waals surface area contributed by atoms with E-state index in [0.29, 0.717) is 6.04 Å². The third-order valence-electron chi connectivity index (χ3n) is 2.53. The van der Waals surface area contributed by atoms with Crippen molar-refractivity contribution in [1.29, 1.82) is 0 Å². The molecule has 2 heterocycles. The van der Waals surface area contributed by atoms with Crippen LogP contribution in [0.5, 0.6) is 0 Å². The maximum absolute atomic E-state index is 3.63. The molecule has 1 aliphatic heterocycles. The predicted octanol–water partition coefficient (Wildman–Crippen LogP) is 3.35. The van der Waals surface area contributed by atoms with Gasteiger partial charge in [-0.3, -0.25) is 0 Å². The summed E-state index contributed by atoms with van der Waals surface area (Å²) < 4.78 is 1.20. The van der Waals surface area contributed by atoms with Gasteiger partial charge in [-0.05, 0) is 33.7 Å². The second-order valence-electron chi connectivity index (χ2n) is 3.73. The van der Waals surface area contributed by atoms with Crippen LogP contribution in [0, 0.1) is 5.92 Å². The third-order valence-corrected chi connectivity index (χ3v) is 5.58. The van der Waals surface area contributed by atoms with E-state index in [2.05, 4.69) is 51.4 Å². The lowest BCUT2D eigenvalue weighted by Gasteiger charge is -2.15. The predicted molar refractivity (Wildman–Crippen MR) is 69.1 cm³/mol. The summed E-state index contributed by atoms with van der Waals surface area (Å²) >= 11 is 7.36. The van der Waals surface area contributed by atoms with Crippen molar-refractivity contribution in [3.8, 4) is 0 Å². The van der Waals surface area contributed by atoms with E-state index >= 15 is 0 Å². The summed E-state index contributed by atoms with van der Waals surface area (Å²) in [4.78, 5) is 1.42. The van der Waals surface area contributed by atoms with Gasteiger partial charge < -0.3 is 5.32 Å². The zero-order valence-corrected chi connectivity index (χ0v) is 11.3. The van der Waals surface area contributed by atoms with E-state index in [9.17, 15) is 0 Å². The smallest absolute Gasteiger partial charge is 0.0303 e. The molecule has 1 aromatic heterocycles. The molecular formula is C10H14BrNS2. The summed E-state index contributed by atoms with van der Waals surface area (Å²) in [5.41, 5.74) is 0. The molecule has 14 heavy (non-hydrogen) atoms. The second-order valence-corrected chi connectivity index (χ2v) is 6.72. The highest BCUT2D eigenvalue weighted by molar-refractivity contribution is 9.10. The summed E-state index contributed by atoms with van der Waals surface area (Å²) in [6, 6.07) is 2.91. The lowest BCUT2D eigenvalue weighted by molar-refractivity contribution is 0.455. The second kappa shape index (κ2) is 5.01. The Balaban J connectivity index is 1.82. The fraction of sp³-hybridized carbons (Fsp3) is 0.600. The lowest BCUT2D eigenvalue weighted by atomic mass is 10.1. The van der Waals surface area contributed by atoms with Crippen molar-refractivity contribution >= 4 is 39.0 Å². The number of thiophene rings is 1. The summed E-state index contributed by atoms with van der Waals surface area (Å²) in [5, 5.41) is 5.77. The Bertz CT molecular complexity index is 300. The SMILES string of the molecule is CC1CSCC1NCc1cc(Br)cs1. The molecule has 0 spiro atoms. The Kier molecular flexibility index (Phi) is 3.93. The molecule has 4 heteroatoms. The van der Waals surface area contributed by atoms with E-state index in [0.717, 1.165) is 12.5 Å². The highest BCUT2D eigenvalue weighted by Crippen LogP contribution is 2.25. The number of hydrogen-bond acceptors (Lipinski definition) is 3. The van der Waals surface area contributed by atoms with Gasteiger partial charge in [0, 0.05) is 33.1 Å². The molecule has 1 saturated heterocycles. The molecule has 2 atom stereocenters. The normalized spacial score (nSPS) is 27.0. The molecule has 0 aromatic carbocycles. The quantitative estimate of drug-likeness (QED) is 0.917. The van der Waals surface area contributed by atoms with E-state index in [-0.39, 0.29) is 0 Å². The number of hydrogen-bond donors (Lipinski definition) is 1. The fourth-order valence-corrected chi connectivity index (χ4v) is 4.44. The minimum atomic E-state index is 0.709. The molecule has 1 N–H and O–H groups in total. The van der Waals surface area contributed by atoms with Crippen LogP contribution in [0.2, 0.25) is 0 Å². The van der Waals surface area contributed by atoms with Gasteiger partial charge in [-0.25, -0.2) is 0 Å². The minimum Gasteiger partial charge on any atom is -0.308 e. The van der Waals surface area contributed by atoms with E-state index in [1.165, 1.54) is 20.9 Å². The van der Waals surface area contributed by atoms with Gasteiger partial charge in [0.2, 0.25) is 0 Å². The topological polar surface area (TPSA) is 12.0 Å². The van der Waals surface area contributed by atoms with Crippen molar-refractivity contribution in [2.24, 2.45) is 5.92 Å². The van der Waals surface area contributed by atoms with Gasteiger partial charge in [-0.2, -0.15) is 11.8 Å². The van der Waals surface area contributed by atoms with Crippen LogP contribution in [-0.2, 0) is 6.54 Å². The minimum absolute atomic E-state index is 0.709. The molecule has 2 unspecified atom stereocenters. The number of nitrogens with one attached hydrogen (secondary N) is 1. The Hall–Kier alpha value is 0.490. The number of halogens is 1.